The lowest BCUT2D eigenvalue weighted by Gasteiger charge is -2.37. The van der Waals surface area contributed by atoms with E-state index in [2.05, 4.69) is 20.9 Å². The summed E-state index contributed by atoms with van der Waals surface area (Å²) in [7, 11) is 1.52. The summed E-state index contributed by atoms with van der Waals surface area (Å²) < 4.78 is 5.46. The molecule has 0 radical (unpaired) electrons. The van der Waals surface area contributed by atoms with Gasteiger partial charge in [0.05, 0.1) is 25.6 Å². The number of likely N-dealkylation sites (tertiary alicyclic amines) is 1. The van der Waals surface area contributed by atoms with Gasteiger partial charge in [-0.2, -0.15) is 0 Å². The number of rotatable bonds is 10. The Kier molecular flexibility index (Phi) is 9.91. The second kappa shape index (κ2) is 13.1. The number of carbonyl (C=O) groups is 3. The number of nitrogens with one attached hydrogen (secondary N) is 3. The molecule has 9 heteroatoms. The van der Waals surface area contributed by atoms with Crippen molar-refractivity contribution in [1.82, 2.24) is 10.2 Å². The third-order valence-corrected chi connectivity index (χ3v) is 7.04. The molecule has 0 aromatic heterocycles. The van der Waals surface area contributed by atoms with Crippen molar-refractivity contribution in [3.63, 3.8) is 0 Å². The summed E-state index contributed by atoms with van der Waals surface area (Å²) in [4.78, 5) is 38.4. The number of carbonyl (C=O) groups excluding carboxylic acids is 2. The molecule has 2 aromatic carbocycles. The summed E-state index contributed by atoms with van der Waals surface area (Å²) in [5.41, 5.74) is 2.97. The number of aliphatic carboxylic acids is 1. The van der Waals surface area contributed by atoms with Gasteiger partial charge in [-0.05, 0) is 81.9 Å². The Bertz CT molecular complexity index is 1100. The molecule has 1 saturated heterocycles. The molecule has 1 aliphatic rings. The fraction of sp³-hybridized carbons (Fsp3) is 0.464. The van der Waals surface area contributed by atoms with Crippen LogP contribution in [0.3, 0.4) is 0 Å². The summed E-state index contributed by atoms with van der Waals surface area (Å²) >= 11 is 0. The Balaban J connectivity index is 1.50. The number of para-hydroxylation sites is 1. The zero-order valence-electron chi connectivity index (χ0n) is 22.0. The minimum Gasteiger partial charge on any atom is -0.495 e. The highest BCUT2D eigenvalue weighted by molar-refractivity contribution is 6.01. The summed E-state index contributed by atoms with van der Waals surface area (Å²) in [5.74, 6) is -0.0262. The van der Waals surface area contributed by atoms with Crippen molar-refractivity contribution in [3.8, 4) is 5.75 Å². The predicted molar refractivity (Wildman–Crippen MR) is 144 cm³/mol. The summed E-state index contributed by atoms with van der Waals surface area (Å²) in [6.45, 7) is 7.57. The van der Waals surface area contributed by atoms with E-state index in [1.54, 1.807) is 18.2 Å². The molecule has 1 heterocycles. The van der Waals surface area contributed by atoms with Crippen LogP contribution in [0.1, 0.15) is 44.2 Å². The van der Waals surface area contributed by atoms with E-state index in [9.17, 15) is 14.4 Å². The average Bonchev–Trinajstić information content (AvgIpc) is 2.86. The smallest absolute Gasteiger partial charge is 0.323 e. The van der Waals surface area contributed by atoms with E-state index in [1.165, 1.54) is 7.11 Å². The number of aryl methyl sites for hydroxylation is 1. The number of benzene rings is 2. The molecular formula is C28H38N4O5. The molecule has 0 aliphatic carbocycles. The lowest BCUT2D eigenvalue weighted by molar-refractivity contribution is -0.138. The monoisotopic (exact) mass is 510 g/mol. The Morgan fingerprint density at radius 1 is 1.05 bits per heavy atom. The molecule has 9 nitrogen and oxygen atoms in total. The molecule has 2 unspecified atom stereocenters. The van der Waals surface area contributed by atoms with E-state index in [4.69, 9.17) is 9.84 Å². The second-order valence-corrected chi connectivity index (χ2v) is 9.78. The van der Waals surface area contributed by atoms with Crippen LogP contribution in [0.25, 0.3) is 0 Å². The van der Waals surface area contributed by atoms with Gasteiger partial charge in [-0.1, -0.05) is 24.3 Å². The molecule has 3 rings (SSSR count). The largest absolute Gasteiger partial charge is 0.495 e. The number of methoxy groups -OCH3 is 1. The number of anilines is 2. The maximum atomic E-state index is 12.7. The van der Waals surface area contributed by atoms with Gasteiger partial charge in [0.15, 0.2) is 0 Å². The first-order chi connectivity index (χ1) is 17.7. The number of carboxylic acid groups (broad SMARTS) is 1. The van der Waals surface area contributed by atoms with Gasteiger partial charge < -0.3 is 30.7 Å². The highest BCUT2D eigenvalue weighted by atomic mass is 16.5. The Hall–Kier alpha value is -3.59. The van der Waals surface area contributed by atoms with E-state index in [1.807, 2.05) is 45.0 Å². The van der Waals surface area contributed by atoms with Crippen molar-refractivity contribution >= 4 is 29.3 Å². The van der Waals surface area contributed by atoms with E-state index < -0.39 is 5.97 Å². The fourth-order valence-corrected chi connectivity index (χ4v) is 4.79. The molecule has 3 amide bonds. The number of urea groups is 1. The van der Waals surface area contributed by atoms with Gasteiger partial charge in [0, 0.05) is 17.8 Å². The Morgan fingerprint density at radius 2 is 1.73 bits per heavy atom. The van der Waals surface area contributed by atoms with Crippen LogP contribution in [0.5, 0.6) is 5.75 Å². The molecular weight excluding hydrogens is 472 g/mol. The first kappa shape index (κ1) is 28.0. The van der Waals surface area contributed by atoms with Crippen molar-refractivity contribution < 1.29 is 24.2 Å². The molecule has 37 heavy (non-hydrogen) atoms. The molecule has 0 spiro atoms. The van der Waals surface area contributed by atoms with Crippen LogP contribution < -0.4 is 20.7 Å². The molecule has 200 valence electrons. The maximum absolute atomic E-state index is 12.7. The van der Waals surface area contributed by atoms with Crippen molar-refractivity contribution in [2.24, 2.45) is 5.92 Å². The van der Waals surface area contributed by atoms with Crippen LogP contribution in [0, 0.1) is 12.8 Å². The number of carboxylic acids is 1. The van der Waals surface area contributed by atoms with Gasteiger partial charge in [-0.15, -0.1) is 0 Å². The zero-order valence-corrected chi connectivity index (χ0v) is 22.0. The van der Waals surface area contributed by atoms with Crippen molar-refractivity contribution in [3.05, 3.63) is 53.6 Å². The number of hydrogen-bond acceptors (Lipinski definition) is 5. The molecule has 2 aromatic rings. The quantitative estimate of drug-likeness (QED) is 0.379. The van der Waals surface area contributed by atoms with E-state index in [0.717, 1.165) is 42.7 Å². The fourth-order valence-electron chi connectivity index (χ4n) is 4.79. The van der Waals surface area contributed by atoms with E-state index in [0.29, 0.717) is 17.4 Å². The van der Waals surface area contributed by atoms with Gasteiger partial charge in [0.25, 0.3) is 0 Å². The maximum Gasteiger partial charge on any atom is 0.323 e. The minimum absolute atomic E-state index is 0.0179. The van der Waals surface area contributed by atoms with Gasteiger partial charge in [0.1, 0.15) is 5.75 Å². The standard InChI is InChI=1S/C28H38N4O5/c1-18-7-5-6-8-23(18)30-28(36)31-24-10-9-21(16-25(24)37-4)17-26(33)29-20(3)22-11-13-32(14-12-22)19(2)15-27(34)35/h5-10,16,19-20,22H,11-15,17H2,1-4H3,(H,29,33)(H,34,35)(H2,30,31,36). The first-order valence-corrected chi connectivity index (χ1v) is 12.7. The SMILES string of the molecule is COc1cc(CC(=O)NC(C)C2CCN(C(C)CC(=O)O)CC2)ccc1NC(=O)Nc1ccccc1C. The van der Waals surface area contributed by atoms with Gasteiger partial charge >= 0.3 is 12.0 Å². The third kappa shape index (κ3) is 8.21. The van der Waals surface area contributed by atoms with Gasteiger partial charge in [0.2, 0.25) is 5.91 Å². The van der Waals surface area contributed by atoms with Crippen molar-refractivity contribution in [2.45, 2.75) is 58.5 Å². The summed E-state index contributed by atoms with van der Waals surface area (Å²) in [6, 6.07) is 12.5. The van der Waals surface area contributed by atoms with E-state index in [-0.39, 0.29) is 36.9 Å². The molecule has 2 atom stereocenters. The predicted octanol–water partition coefficient (Wildman–Crippen LogP) is 4.27. The zero-order chi connectivity index (χ0) is 26.9. The van der Waals surface area contributed by atoms with Crippen molar-refractivity contribution in [2.75, 3.05) is 30.8 Å². The number of nitrogens with zero attached hydrogens (tertiary/aromatic N) is 1. The molecule has 1 fully saturated rings. The van der Waals surface area contributed by atoms with Gasteiger partial charge in [-0.3, -0.25) is 9.59 Å². The Morgan fingerprint density at radius 3 is 2.38 bits per heavy atom. The summed E-state index contributed by atoms with van der Waals surface area (Å²) in [6.07, 6.45) is 2.19. The number of piperidine rings is 1. The average molecular weight is 511 g/mol. The topological polar surface area (TPSA) is 120 Å². The highest BCUT2D eigenvalue weighted by Crippen LogP contribution is 2.27. The lowest BCUT2D eigenvalue weighted by Crippen LogP contribution is -2.46. The second-order valence-electron chi connectivity index (χ2n) is 9.78. The normalized spacial score (nSPS) is 15.9. The number of hydrogen-bond donors (Lipinski definition) is 4. The highest BCUT2D eigenvalue weighted by Gasteiger charge is 2.27. The molecule has 0 saturated carbocycles. The molecule has 4 N–H and O–H groups in total. The lowest BCUT2D eigenvalue weighted by atomic mass is 9.89. The van der Waals surface area contributed by atoms with Crippen LogP contribution >= 0.6 is 0 Å². The third-order valence-electron chi connectivity index (χ3n) is 7.04. The van der Waals surface area contributed by atoms with Crippen LogP contribution in [-0.2, 0) is 16.0 Å². The van der Waals surface area contributed by atoms with Crippen LogP contribution in [0.15, 0.2) is 42.5 Å². The summed E-state index contributed by atoms with van der Waals surface area (Å²) in [5, 5.41) is 17.8. The first-order valence-electron chi connectivity index (χ1n) is 12.7. The number of ether oxygens (including phenoxy) is 1. The van der Waals surface area contributed by atoms with Crippen molar-refractivity contribution in [1.29, 1.82) is 0 Å². The molecule has 1 aliphatic heterocycles. The molecule has 0 bridgehead atoms. The number of amides is 3. The van der Waals surface area contributed by atoms with Crippen LogP contribution in [0.4, 0.5) is 16.2 Å². The minimum atomic E-state index is -0.777. The Labute approximate surface area is 218 Å². The van der Waals surface area contributed by atoms with Gasteiger partial charge in [-0.25, -0.2) is 4.79 Å². The van der Waals surface area contributed by atoms with E-state index >= 15 is 0 Å². The van der Waals surface area contributed by atoms with Crippen LogP contribution in [-0.4, -0.2) is 60.2 Å². The van der Waals surface area contributed by atoms with Crippen LogP contribution in [0.2, 0.25) is 0 Å².